The Morgan fingerprint density at radius 1 is 1.40 bits per heavy atom. The predicted octanol–water partition coefficient (Wildman–Crippen LogP) is 1.23. The summed E-state index contributed by atoms with van der Waals surface area (Å²) in [5.74, 6) is 1.02. The highest BCUT2D eigenvalue weighted by Crippen LogP contribution is 2.41. The first-order chi connectivity index (χ1) is 6.91. The lowest BCUT2D eigenvalue weighted by molar-refractivity contribution is 0.0918. The minimum Gasteiger partial charge on any atom is -0.465 e. The number of hydrogen-bond donors (Lipinski definition) is 2. The summed E-state index contributed by atoms with van der Waals surface area (Å²) in [5, 5.41) is 12.6. The molecule has 0 bridgehead atoms. The molecular formula is C11H20N2O2. The SMILES string of the molecule is CC(C)(C)C1C2CNCC2CN1C(=O)O. The molecule has 2 fully saturated rings. The van der Waals surface area contributed by atoms with Crippen molar-refractivity contribution in [3.05, 3.63) is 0 Å². The topological polar surface area (TPSA) is 52.6 Å². The van der Waals surface area contributed by atoms with E-state index >= 15 is 0 Å². The number of carboxylic acid groups (broad SMARTS) is 1. The molecule has 4 heteroatoms. The van der Waals surface area contributed by atoms with E-state index in [-0.39, 0.29) is 11.5 Å². The minimum absolute atomic E-state index is 0.0316. The molecule has 0 radical (unpaired) electrons. The smallest absolute Gasteiger partial charge is 0.407 e. The van der Waals surface area contributed by atoms with Crippen LogP contribution >= 0.6 is 0 Å². The molecule has 1 amide bonds. The summed E-state index contributed by atoms with van der Waals surface area (Å²) < 4.78 is 0. The molecular weight excluding hydrogens is 192 g/mol. The summed E-state index contributed by atoms with van der Waals surface area (Å²) >= 11 is 0. The minimum atomic E-state index is -0.760. The molecule has 0 aromatic rings. The third-order valence-electron chi connectivity index (χ3n) is 3.70. The third kappa shape index (κ3) is 1.71. The normalized spacial score (nSPS) is 35.7. The zero-order valence-electron chi connectivity index (χ0n) is 9.66. The van der Waals surface area contributed by atoms with Crippen LogP contribution in [-0.2, 0) is 0 Å². The molecule has 15 heavy (non-hydrogen) atoms. The summed E-state index contributed by atoms with van der Waals surface area (Å²) in [4.78, 5) is 12.8. The van der Waals surface area contributed by atoms with Crippen molar-refractivity contribution in [1.29, 1.82) is 0 Å². The first-order valence-electron chi connectivity index (χ1n) is 5.61. The fourth-order valence-electron chi connectivity index (χ4n) is 3.23. The number of amides is 1. The van der Waals surface area contributed by atoms with E-state index in [1.165, 1.54) is 0 Å². The van der Waals surface area contributed by atoms with Crippen LogP contribution in [0.25, 0.3) is 0 Å². The zero-order chi connectivity index (χ0) is 11.2. The van der Waals surface area contributed by atoms with Gasteiger partial charge in [0.05, 0.1) is 0 Å². The van der Waals surface area contributed by atoms with Gasteiger partial charge in [-0.1, -0.05) is 20.8 Å². The Morgan fingerprint density at radius 3 is 2.60 bits per heavy atom. The lowest BCUT2D eigenvalue weighted by atomic mass is 9.78. The number of carbonyl (C=O) groups is 1. The zero-order valence-corrected chi connectivity index (χ0v) is 9.66. The highest BCUT2D eigenvalue weighted by atomic mass is 16.4. The molecule has 4 nitrogen and oxygen atoms in total. The van der Waals surface area contributed by atoms with Crippen molar-refractivity contribution >= 4 is 6.09 Å². The van der Waals surface area contributed by atoms with Crippen molar-refractivity contribution in [2.75, 3.05) is 19.6 Å². The van der Waals surface area contributed by atoms with E-state index in [0.717, 1.165) is 13.1 Å². The number of hydrogen-bond acceptors (Lipinski definition) is 2. The van der Waals surface area contributed by atoms with Gasteiger partial charge in [0.15, 0.2) is 0 Å². The number of nitrogens with zero attached hydrogens (tertiary/aromatic N) is 1. The second-order valence-corrected chi connectivity index (χ2v) is 5.83. The largest absolute Gasteiger partial charge is 0.465 e. The van der Waals surface area contributed by atoms with Gasteiger partial charge in [0, 0.05) is 25.7 Å². The van der Waals surface area contributed by atoms with E-state index in [0.29, 0.717) is 18.4 Å². The summed E-state index contributed by atoms with van der Waals surface area (Å²) in [6, 6.07) is 0.162. The molecule has 0 saturated carbocycles. The molecule has 2 N–H and O–H groups in total. The molecule has 2 saturated heterocycles. The predicted molar refractivity (Wildman–Crippen MR) is 57.8 cm³/mol. The Balaban J connectivity index is 2.25. The van der Waals surface area contributed by atoms with Crippen molar-refractivity contribution in [2.24, 2.45) is 17.3 Å². The van der Waals surface area contributed by atoms with Crippen LogP contribution in [0.1, 0.15) is 20.8 Å². The molecule has 86 valence electrons. The van der Waals surface area contributed by atoms with Crippen LogP contribution in [0.5, 0.6) is 0 Å². The molecule has 0 aromatic heterocycles. The van der Waals surface area contributed by atoms with Gasteiger partial charge in [-0.3, -0.25) is 0 Å². The molecule has 3 unspecified atom stereocenters. The van der Waals surface area contributed by atoms with Crippen molar-refractivity contribution < 1.29 is 9.90 Å². The van der Waals surface area contributed by atoms with Gasteiger partial charge in [0.2, 0.25) is 0 Å². The second kappa shape index (κ2) is 3.37. The number of likely N-dealkylation sites (tertiary alicyclic amines) is 1. The van der Waals surface area contributed by atoms with E-state index in [2.05, 4.69) is 26.1 Å². The van der Waals surface area contributed by atoms with Crippen LogP contribution in [0.3, 0.4) is 0 Å². The van der Waals surface area contributed by atoms with Gasteiger partial charge in [0.1, 0.15) is 0 Å². The maximum Gasteiger partial charge on any atom is 0.407 e. The molecule has 2 aliphatic rings. The van der Waals surface area contributed by atoms with Crippen LogP contribution in [0, 0.1) is 17.3 Å². The maximum absolute atomic E-state index is 11.2. The average molecular weight is 212 g/mol. The van der Waals surface area contributed by atoms with Crippen molar-refractivity contribution in [3.63, 3.8) is 0 Å². The number of rotatable bonds is 0. The van der Waals surface area contributed by atoms with E-state index in [9.17, 15) is 9.90 Å². The van der Waals surface area contributed by atoms with Crippen LogP contribution < -0.4 is 5.32 Å². The summed E-state index contributed by atoms with van der Waals surface area (Å²) in [6.07, 6.45) is -0.760. The van der Waals surface area contributed by atoms with Crippen molar-refractivity contribution in [1.82, 2.24) is 10.2 Å². The summed E-state index contributed by atoms with van der Waals surface area (Å²) in [5.41, 5.74) is 0.0316. The van der Waals surface area contributed by atoms with Gasteiger partial charge >= 0.3 is 6.09 Å². The van der Waals surface area contributed by atoms with Gasteiger partial charge in [-0.15, -0.1) is 0 Å². The molecule has 2 rings (SSSR count). The van der Waals surface area contributed by atoms with E-state index in [4.69, 9.17) is 0 Å². The number of nitrogens with one attached hydrogen (secondary N) is 1. The molecule has 2 heterocycles. The van der Waals surface area contributed by atoms with Gasteiger partial charge in [-0.2, -0.15) is 0 Å². The highest BCUT2D eigenvalue weighted by Gasteiger charge is 2.50. The lowest BCUT2D eigenvalue weighted by Crippen LogP contribution is -2.46. The quantitative estimate of drug-likeness (QED) is 0.635. The molecule has 0 spiro atoms. The van der Waals surface area contributed by atoms with Crippen molar-refractivity contribution in [3.8, 4) is 0 Å². The Kier molecular flexibility index (Phi) is 2.41. The average Bonchev–Trinajstić information content (AvgIpc) is 2.56. The van der Waals surface area contributed by atoms with Gasteiger partial charge < -0.3 is 15.3 Å². The standard InChI is InChI=1S/C11H20N2O2/c1-11(2,3)9-8-5-12-4-7(8)6-13(9)10(14)15/h7-9,12H,4-6H2,1-3H3,(H,14,15). The molecule has 0 aromatic carbocycles. The third-order valence-corrected chi connectivity index (χ3v) is 3.70. The second-order valence-electron chi connectivity index (χ2n) is 5.83. The van der Waals surface area contributed by atoms with Crippen LogP contribution in [0.4, 0.5) is 4.79 Å². The first-order valence-corrected chi connectivity index (χ1v) is 5.61. The maximum atomic E-state index is 11.2. The van der Waals surface area contributed by atoms with E-state index in [1.54, 1.807) is 4.90 Å². The monoisotopic (exact) mass is 212 g/mol. The molecule has 2 aliphatic heterocycles. The lowest BCUT2D eigenvalue weighted by Gasteiger charge is -2.36. The van der Waals surface area contributed by atoms with Crippen molar-refractivity contribution in [2.45, 2.75) is 26.8 Å². The number of fused-ring (bicyclic) bond motifs is 1. The van der Waals surface area contributed by atoms with Crippen LogP contribution in [0.15, 0.2) is 0 Å². The summed E-state index contributed by atoms with van der Waals surface area (Å²) in [7, 11) is 0. The fourth-order valence-corrected chi connectivity index (χ4v) is 3.23. The molecule has 0 aliphatic carbocycles. The van der Waals surface area contributed by atoms with Gasteiger partial charge in [-0.05, 0) is 17.3 Å². The van der Waals surface area contributed by atoms with Gasteiger partial charge in [-0.25, -0.2) is 4.79 Å². The first kappa shape index (κ1) is 10.7. The Labute approximate surface area is 90.6 Å². The van der Waals surface area contributed by atoms with Gasteiger partial charge in [0.25, 0.3) is 0 Å². The van der Waals surface area contributed by atoms with Crippen LogP contribution in [0.2, 0.25) is 0 Å². The Hall–Kier alpha value is -0.770. The van der Waals surface area contributed by atoms with E-state index in [1.807, 2.05) is 0 Å². The fraction of sp³-hybridized carbons (Fsp3) is 0.909. The highest BCUT2D eigenvalue weighted by molar-refractivity contribution is 5.66. The van der Waals surface area contributed by atoms with Crippen LogP contribution in [-0.4, -0.2) is 41.8 Å². The van der Waals surface area contributed by atoms with E-state index < -0.39 is 6.09 Å². The Morgan fingerprint density at radius 2 is 2.07 bits per heavy atom. The molecule has 3 atom stereocenters. The summed E-state index contributed by atoms with van der Waals surface area (Å²) in [6.45, 7) is 9.04. The Bertz CT molecular complexity index is 272.